The van der Waals surface area contributed by atoms with E-state index in [1.807, 2.05) is 50.3 Å². The van der Waals surface area contributed by atoms with Gasteiger partial charge in [0.2, 0.25) is 0 Å². The molecule has 0 aliphatic heterocycles. The summed E-state index contributed by atoms with van der Waals surface area (Å²) in [6.07, 6.45) is 7.38. The molecule has 0 fully saturated rings. The van der Waals surface area contributed by atoms with Crippen LogP contribution in [0.5, 0.6) is 5.75 Å². The van der Waals surface area contributed by atoms with Gasteiger partial charge in [0.1, 0.15) is 11.9 Å². The number of rotatable bonds is 5. The van der Waals surface area contributed by atoms with Gasteiger partial charge in [0.15, 0.2) is 0 Å². The normalized spacial score (nSPS) is 14.1. The van der Waals surface area contributed by atoms with E-state index in [1.165, 1.54) is 5.57 Å². The van der Waals surface area contributed by atoms with Gasteiger partial charge in [-0.2, -0.15) is 0 Å². The molecule has 0 aromatic heterocycles. The van der Waals surface area contributed by atoms with Gasteiger partial charge in [0.05, 0.1) is 0 Å². The van der Waals surface area contributed by atoms with E-state index in [2.05, 4.69) is 19.1 Å². The van der Waals surface area contributed by atoms with Crippen LogP contribution in [0.4, 0.5) is 0 Å². The predicted octanol–water partition coefficient (Wildman–Crippen LogP) is 4.37. The third-order valence-electron chi connectivity index (χ3n) is 2.46. The second kappa shape index (κ2) is 6.89. The minimum atomic E-state index is 0.142. The lowest BCUT2D eigenvalue weighted by molar-refractivity contribution is 0.236. The molecular formula is C15H20O. The van der Waals surface area contributed by atoms with Crippen molar-refractivity contribution < 1.29 is 4.74 Å². The van der Waals surface area contributed by atoms with E-state index in [-0.39, 0.29) is 6.10 Å². The average Bonchev–Trinajstić information content (AvgIpc) is 2.35. The predicted molar refractivity (Wildman–Crippen MR) is 69.7 cm³/mol. The summed E-state index contributed by atoms with van der Waals surface area (Å²) in [6, 6.07) is 9.97. The third kappa shape index (κ3) is 3.58. The van der Waals surface area contributed by atoms with E-state index in [9.17, 15) is 0 Å². The van der Waals surface area contributed by atoms with Crippen LogP contribution in [0.3, 0.4) is 0 Å². The molecule has 0 N–H and O–H groups in total. The summed E-state index contributed by atoms with van der Waals surface area (Å²) < 4.78 is 5.95. The molecule has 0 spiro atoms. The summed E-state index contributed by atoms with van der Waals surface area (Å²) in [5, 5.41) is 0. The van der Waals surface area contributed by atoms with Crippen LogP contribution in [0.2, 0.25) is 0 Å². The van der Waals surface area contributed by atoms with Crippen molar-refractivity contribution in [2.75, 3.05) is 0 Å². The number of benzene rings is 1. The third-order valence-corrected chi connectivity index (χ3v) is 2.46. The van der Waals surface area contributed by atoms with E-state index < -0.39 is 0 Å². The Hall–Kier alpha value is -1.50. The zero-order valence-corrected chi connectivity index (χ0v) is 10.3. The molecule has 0 saturated carbocycles. The molecule has 0 radical (unpaired) electrons. The van der Waals surface area contributed by atoms with Crippen molar-refractivity contribution in [1.82, 2.24) is 0 Å². The molecule has 16 heavy (non-hydrogen) atoms. The Bertz CT molecular complexity index is 349. The van der Waals surface area contributed by atoms with Gasteiger partial charge in [-0.25, -0.2) is 0 Å². The first kappa shape index (κ1) is 12.6. The highest BCUT2D eigenvalue weighted by molar-refractivity contribution is 5.27. The van der Waals surface area contributed by atoms with Gasteiger partial charge in [-0.15, -0.1) is 0 Å². The number of ether oxygens (including phenoxy) is 1. The van der Waals surface area contributed by atoms with E-state index in [1.54, 1.807) is 0 Å². The van der Waals surface area contributed by atoms with Crippen molar-refractivity contribution in [2.45, 2.75) is 33.3 Å². The topological polar surface area (TPSA) is 9.23 Å². The molecule has 0 amide bonds. The maximum Gasteiger partial charge on any atom is 0.123 e. The molecule has 1 nitrogen and oxygen atoms in total. The van der Waals surface area contributed by atoms with Crippen molar-refractivity contribution in [2.24, 2.45) is 0 Å². The minimum Gasteiger partial charge on any atom is -0.486 e. The van der Waals surface area contributed by atoms with Crippen molar-refractivity contribution in [3.05, 3.63) is 54.1 Å². The molecule has 1 rings (SSSR count). The van der Waals surface area contributed by atoms with Gasteiger partial charge in [0.25, 0.3) is 0 Å². The molecule has 0 heterocycles. The Kier molecular flexibility index (Phi) is 5.41. The quantitative estimate of drug-likeness (QED) is 0.664. The molecule has 0 aliphatic rings. The number of allylic oxidation sites excluding steroid dienone is 2. The summed E-state index contributed by atoms with van der Waals surface area (Å²) >= 11 is 0. The van der Waals surface area contributed by atoms with E-state index in [4.69, 9.17) is 4.74 Å². The first-order valence-corrected chi connectivity index (χ1v) is 5.82. The second-order valence-electron chi connectivity index (χ2n) is 3.62. The van der Waals surface area contributed by atoms with Crippen LogP contribution in [-0.2, 0) is 0 Å². The maximum absolute atomic E-state index is 5.95. The van der Waals surface area contributed by atoms with Gasteiger partial charge in [-0.3, -0.25) is 0 Å². The minimum absolute atomic E-state index is 0.142. The second-order valence-corrected chi connectivity index (χ2v) is 3.62. The van der Waals surface area contributed by atoms with Crippen molar-refractivity contribution >= 4 is 0 Å². The molecule has 1 atom stereocenters. The summed E-state index contributed by atoms with van der Waals surface area (Å²) in [5.74, 6) is 0.929. The van der Waals surface area contributed by atoms with Crippen LogP contribution in [0.15, 0.2) is 54.1 Å². The Balaban J connectivity index is 2.76. The molecule has 0 saturated heterocycles. The van der Waals surface area contributed by atoms with Crippen molar-refractivity contribution in [3.8, 4) is 5.75 Å². The lowest BCUT2D eigenvalue weighted by atomic mass is 10.1. The molecule has 86 valence electrons. The average molecular weight is 216 g/mol. The molecule has 1 heteroatoms. The SMILES string of the molecule is CC=CC(=CC)C(CC)Oc1ccccc1. The van der Waals surface area contributed by atoms with E-state index in [0.717, 1.165) is 12.2 Å². The Morgan fingerprint density at radius 2 is 1.94 bits per heavy atom. The largest absolute Gasteiger partial charge is 0.486 e. The van der Waals surface area contributed by atoms with Gasteiger partial charge in [0, 0.05) is 0 Å². The highest BCUT2D eigenvalue weighted by atomic mass is 16.5. The van der Waals surface area contributed by atoms with Crippen LogP contribution in [0.1, 0.15) is 27.2 Å². The molecule has 0 bridgehead atoms. The Morgan fingerprint density at radius 1 is 1.25 bits per heavy atom. The smallest absolute Gasteiger partial charge is 0.123 e. The first-order valence-electron chi connectivity index (χ1n) is 5.82. The number of para-hydroxylation sites is 1. The zero-order chi connectivity index (χ0) is 11.8. The number of hydrogen-bond acceptors (Lipinski definition) is 1. The lowest BCUT2D eigenvalue weighted by Gasteiger charge is -2.18. The molecule has 0 aliphatic carbocycles. The highest BCUT2D eigenvalue weighted by Crippen LogP contribution is 2.18. The monoisotopic (exact) mass is 216 g/mol. The van der Waals surface area contributed by atoms with Crippen LogP contribution in [0.25, 0.3) is 0 Å². The molecule has 1 aromatic carbocycles. The Morgan fingerprint density at radius 3 is 2.44 bits per heavy atom. The summed E-state index contributed by atoms with van der Waals surface area (Å²) in [7, 11) is 0. The van der Waals surface area contributed by atoms with Gasteiger partial charge < -0.3 is 4.74 Å². The van der Waals surface area contributed by atoms with Crippen LogP contribution >= 0.6 is 0 Å². The molecule has 1 aromatic rings. The van der Waals surface area contributed by atoms with Gasteiger partial charge >= 0.3 is 0 Å². The van der Waals surface area contributed by atoms with E-state index in [0.29, 0.717) is 0 Å². The highest BCUT2D eigenvalue weighted by Gasteiger charge is 2.10. The fraction of sp³-hybridized carbons (Fsp3) is 0.333. The first-order chi connectivity index (χ1) is 7.81. The van der Waals surface area contributed by atoms with Crippen molar-refractivity contribution in [1.29, 1.82) is 0 Å². The zero-order valence-electron chi connectivity index (χ0n) is 10.3. The van der Waals surface area contributed by atoms with E-state index >= 15 is 0 Å². The van der Waals surface area contributed by atoms with Crippen LogP contribution < -0.4 is 4.74 Å². The molecule has 1 unspecified atom stereocenters. The fourth-order valence-corrected chi connectivity index (χ4v) is 1.63. The maximum atomic E-state index is 5.95. The summed E-state index contributed by atoms with van der Waals surface area (Å²) in [5.41, 5.74) is 1.23. The number of hydrogen-bond donors (Lipinski definition) is 0. The van der Waals surface area contributed by atoms with Gasteiger partial charge in [-0.05, 0) is 38.0 Å². The summed E-state index contributed by atoms with van der Waals surface area (Å²) in [6.45, 7) is 6.21. The van der Waals surface area contributed by atoms with Gasteiger partial charge in [-0.1, -0.05) is 43.4 Å². The fourth-order valence-electron chi connectivity index (χ4n) is 1.63. The summed E-state index contributed by atoms with van der Waals surface area (Å²) in [4.78, 5) is 0. The standard InChI is InChI=1S/C15H20O/c1-4-10-13(5-2)15(6-3)16-14-11-8-7-9-12-14/h4-5,7-12,15H,6H2,1-3H3. The Labute approximate surface area is 98.5 Å². The van der Waals surface area contributed by atoms with Crippen LogP contribution in [-0.4, -0.2) is 6.10 Å². The molecular weight excluding hydrogens is 196 g/mol. The lowest BCUT2D eigenvalue weighted by Crippen LogP contribution is -2.17. The van der Waals surface area contributed by atoms with Crippen molar-refractivity contribution in [3.63, 3.8) is 0 Å². The van der Waals surface area contributed by atoms with Crippen LogP contribution in [0, 0.1) is 0 Å².